The van der Waals surface area contributed by atoms with E-state index in [1.165, 1.54) is 37.4 Å². The summed E-state index contributed by atoms with van der Waals surface area (Å²) in [6.45, 7) is 2.26. The van der Waals surface area contributed by atoms with Crippen molar-refractivity contribution in [2.45, 2.75) is 31.4 Å². The Morgan fingerprint density at radius 2 is 1.83 bits per heavy atom. The van der Waals surface area contributed by atoms with E-state index in [1.807, 2.05) is 6.92 Å². The van der Waals surface area contributed by atoms with Gasteiger partial charge in [0.2, 0.25) is 0 Å². The lowest BCUT2D eigenvalue weighted by molar-refractivity contribution is -0.137. The van der Waals surface area contributed by atoms with Gasteiger partial charge in [-0.15, -0.1) is 0 Å². The molecule has 0 N–H and O–H groups in total. The topological polar surface area (TPSA) is 97.4 Å². The van der Waals surface area contributed by atoms with E-state index in [0.717, 1.165) is 13.5 Å². The number of alkyl halides is 3. The monoisotopic (exact) mass is 516 g/mol. The molecule has 0 spiro atoms. The predicted molar refractivity (Wildman–Crippen MR) is 118 cm³/mol. The number of hydrogen-bond acceptors (Lipinski definition) is 8. The van der Waals surface area contributed by atoms with Crippen LogP contribution in [-0.4, -0.2) is 40.7 Å². The maximum Gasteiger partial charge on any atom is 0.534 e. The van der Waals surface area contributed by atoms with Crippen molar-refractivity contribution in [3.63, 3.8) is 0 Å². The Morgan fingerprint density at radius 3 is 2.46 bits per heavy atom. The minimum absolute atomic E-state index is 0.0271. The normalized spacial score (nSPS) is 15.7. The van der Waals surface area contributed by atoms with Gasteiger partial charge in [-0.1, -0.05) is 25.5 Å². The van der Waals surface area contributed by atoms with Gasteiger partial charge in [0, 0.05) is 5.56 Å². The summed E-state index contributed by atoms with van der Waals surface area (Å²) in [5, 5.41) is 0. The zero-order valence-corrected chi connectivity index (χ0v) is 19.9. The summed E-state index contributed by atoms with van der Waals surface area (Å²) in [5.41, 5.74) is -6.26. The van der Waals surface area contributed by atoms with Crippen molar-refractivity contribution >= 4 is 21.8 Å². The van der Waals surface area contributed by atoms with Crippen LogP contribution in [0, 0.1) is 0 Å². The zero-order chi connectivity index (χ0) is 25.8. The van der Waals surface area contributed by atoms with E-state index in [0.29, 0.717) is 18.8 Å². The average Bonchev–Trinajstić information content (AvgIpc) is 2.82. The van der Waals surface area contributed by atoms with Crippen LogP contribution in [0.25, 0.3) is 5.76 Å². The maximum absolute atomic E-state index is 13.3. The third kappa shape index (κ3) is 5.64. The minimum Gasteiger partial charge on any atom is -0.497 e. The largest absolute Gasteiger partial charge is 0.534 e. The van der Waals surface area contributed by atoms with Crippen LogP contribution in [-0.2, 0) is 23.8 Å². The smallest absolute Gasteiger partial charge is 0.497 e. The van der Waals surface area contributed by atoms with Gasteiger partial charge in [0.15, 0.2) is 11.9 Å². The Bertz CT molecular complexity index is 1220. The molecule has 3 rings (SSSR count). The van der Waals surface area contributed by atoms with Gasteiger partial charge in [-0.2, -0.15) is 21.6 Å². The molecule has 0 fully saturated rings. The van der Waals surface area contributed by atoms with Crippen LogP contribution in [0.5, 0.6) is 17.2 Å². The fourth-order valence-electron chi connectivity index (χ4n) is 3.26. The molecule has 190 valence electrons. The molecule has 2 aromatic rings. The SMILES string of the molecule is CCCCOc1ccc2c(c1)C(OS(=O)(=O)C(F)(F)F)=C(C(=O)OC)C(c1cccc(OC)c1)O2. The number of ether oxygens (including phenoxy) is 4. The van der Waals surface area contributed by atoms with E-state index in [2.05, 4.69) is 4.18 Å². The molecule has 8 nitrogen and oxygen atoms in total. The summed E-state index contributed by atoms with van der Waals surface area (Å²) >= 11 is 0. The quantitative estimate of drug-likeness (QED) is 0.204. The van der Waals surface area contributed by atoms with Crippen LogP contribution < -0.4 is 14.2 Å². The fraction of sp³-hybridized carbons (Fsp3) is 0.348. The molecule has 0 saturated carbocycles. The van der Waals surface area contributed by atoms with Crippen LogP contribution in [0.15, 0.2) is 48.0 Å². The number of fused-ring (bicyclic) bond motifs is 1. The molecule has 0 aliphatic carbocycles. The third-order valence-electron chi connectivity index (χ3n) is 4.99. The van der Waals surface area contributed by atoms with E-state index in [4.69, 9.17) is 18.9 Å². The molecule has 1 aliphatic rings. The maximum atomic E-state index is 13.3. The third-order valence-corrected chi connectivity index (χ3v) is 5.95. The highest BCUT2D eigenvalue weighted by atomic mass is 32.2. The van der Waals surface area contributed by atoms with Crippen molar-refractivity contribution in [3.05, 3.63) is 59.2 Å². The van der Waals surface area contributed by atoms with Crippen molar-refractivity contribution in [1.82, 2.24) is 0 Å². The second kappa shape index (κ2) is 10.5. The van der Waals surface area contributed by atoms with Crippen LogP contribution in [0.3, 0.4) is 0 Å². The van der Waals surface area contributed by atoms with E-state index >= 15 is 0 Å². The molecule has 0 radical (unpaired) electrons. The summed E-state index contributed by atoms with van der Waals surface area (Å²) in [7, 11) is -3.76. The number of esters is 1. The number of benzene rings is 2. The standard InChI is InChI=1S/C23H23F3O8S/c1-4-5-11-32-16-9-10-18-17(13-16)21(34-35(28,29)23(24,25)26)19(22(27)31-3)20(33-18)14-7-6-8-15(12-14)30-2/h6-10,12-13,20H,4-5,11H2,1-3H3. The number of unbranched alkanes of at least 4 members (excludes halogenated alkanes) is 1. The van der Waals surface area contributed by atoms with E-state index < -0.39 is 39.0 Å². The van der Waals surface area contributed by atoms with Gasteiger partial charge < -0.3 is 23.1 Å². The number of halogens is 3. The first-order chi connectivity index (χ1) is 16.5. The van der Waals surface area contributed by atoms with Gasteiger partial charge in [-0.3, -0.25) is 0 Å². The van der Waals surface area contributed by atoms with Gasteiger partial charge in [-0.05, 0) is 36.8 Å². The molecule has 0 bridgehead atoms. The lowest BCUT2D eigenvalue weighted by Crippen LogP contribution is -2.29. The highest BCUT2D eigenvalue weighted by Gasteiger charge is 2.51. The second-order valence-corrected chi connectivity index (χ2v) is 8.89. The predicted octanol–water partition coefficient (Wildman–Crippen LogP) is 4.76. The molecule has 1 atom stereocenters. The Kier molecular flexibility index (Phi) is 7.83. The van der Waals surface area contributed by atoms with Gasteiger partial charge in [-0.25, -0.2) is 4.79 Å². The molecule has 35 heavy (non-hydrogen) atoms. The van der Waals surface area contributed by atoms with Crippen LogP contribution in [0.1, 0.15) is 37.0 Å². The number of hydrogen-bond donors (Lipinski definition) is 0. The summed E-state index contributed by atoms with van der Waals surface area (Å²) in [6, 6.07) is 10.3. The van der Waals surface area contributed by atoms with Crippen LogP contribution >= 0.6 is 0 Å². The van der Waals surface area contributed by atoms with E-state index in [-0.39, 0.29) is 22.6 Å². The molecule has 12 heteroatoms. The molecule has 1 unspecified atom stereocenters. The first kappa shape index (κ1) is 26.2. The number of carbonyl (C=O) groups excluding carboxylic acids is 1. The molecule has 2 aromatic carbocycles. The molecular formula is C23H23F3O8S. The van der Waals surface area contributed by atoms with E-state index in [9.17, 15) is 26.4 Å². The fourth-order valence-corrected chi connectivity index (χ4v) is 3.75. The number of methoxy groups -OCH3 is 2. The summed E-state index contributed by atoms with van der Waals surface area (Å²) < 4.78 is 89.8. The number of rotatable bonds is 9. The number of carbonyl (C=O) groups is 1. The van der Waals surface area contributed by atoms with Crippen molar-refractivity contribution in [1.29, 1.82) is 0 Å². The molecule has 0 aromatic heterocycles. The first-order valence-corrected chi connectivity index (χ1v) is 11.8. The lowest BCUT2D eigenvalue weighted by Gasteiger charge is -2.30. The Balaban J connectivity index is 2.25. The Morgan fingerprint density at radius 1 is 1.09 bits per heavy atom. The van der Waals surface area contributed by atoms with Crippen molar-refractivity contribution in [2.24, 2.45) is 0 Å². The molecule has 1 heterocycles. The lowest BCUT2D eigenvalue weighted by atomic mass is 9.94. The van der Waals surface area contributed by atoms with Gasteiger partial charge in [0.25, 0.3) is 0 Å². The molecule has 1 aliphatic heterocycles. The molecule has 0 amide bonds. The zero-order valence-electron chi connectivity index (χ0n) is 19.0. The van der Waals surface area contributed by atoms with Crippen LogP contribution in [0.2, 0.25) is 0 Å². The average molecular weight is 516 g/mol. The van der Waals surface area contributed by atoms with E-state index in [1.54, 1.807) is 12.1 Å². The summed E-state index contributed by atoms with van der Waals surface area (Å²) in [6.07, 6.45) is 0.178. The van der Waals surface area contributed by atoms with Gasteiger partial charge >= 0.3 is 21.6 Å². The summed E-state index contributed by atoms with van der Waals surface area (Å²) in [5.74, 6) is -1.46. The van der Waals surface area contributed by atoms with Gasteiger partial charge in [0.05, 0.1) is 26.4 Å². The highest BCUT2D eigenvalue weighted by molar-refractivity contribution is 7.87. The highest BCUT2D eigenvalue weighted by Crippen LogP contribution is 2.46. The first-order valence-electron chi connectivity index (χ1n) is 10.4. The van der Waals surface area contributed by atoms with Crippen molar-refractivity contribution in [2.75, 3.05) is 20.8 Å². The molecular weight excluding hydrogens is 493 g/mol. The van der Waals surface area contributed by atoms with Crippen molar-refractivity contribution in [3.8, 4) is 17.2 Å². The minimum atomic E-state index is -6.15. The Hall–Kier alpha value is -3.41. The van der Waals surface area contributed by atoms with Gasteiger partial charge in [0.1, 0.15) is 22.8 Å². The molecule has 0 saturated heterocycles. The van der Waals surface area contributed by atoms with Crippen molar-refractivity contribution < 1.29 is 49.5 Å². The Labute approximate surface area is 200 Å². The summed E-state index contributed by atoms with van der Waals surface area (Å²) in [4.78, 5) is 12.8. The second-order valence-electron chi connectivity index (χ2n) is 7.35. The van der Waals surface area contributed by atoms with Crippen LogP contribution in [0.4, 0.5) is 13.2 Å².